The van der Waals surface area contributed by atoms with Crippen molar-refractivity contribution in [3.05, 3.63) is 29.1 Å². The first kappa shape index (κ1) is 9.66. The maximum atomic E-state index is 11.7. The molecule has 0 saturated heterocycles. The molecule has 3 rings (SSSR count). The maximum absolute atomic E-state index is 11.7. The van der Waals surface area contributed by atoms with Gasteiger partial charge in [-0.3, -0.25) is 4.79 Å². The number of benzene rings is 1. The van der Waals surface area contributed by atoms with Gasteiger partial charge in [0.15, 0.2) is 5.58 Å². The number of carbonyl (C=O) groups is 1. The van der Waals surface area contributed by atoms with E-state index in [1.165, 1.54) is 0 Å². The highest BCUT2D eigenvalue weighted by Crippen LogP contribution is 2.22. The molecule has 0 atom stereocenters. The van der Waals surface area contributed by atoms with Gasteiger partial charge in [0, 0.05) is 11.6 Å². The van der Waals surface area contributed by atoms with Crippen molar-refractivity contribution >= 4 is 28.6 Å². The second-order valence-electron chi connectivity index (χ2n) is 3.90. The summed E-state index contributed by atoms with van der Waals surface area (Å²) in [6.07, 6.45) is 2.15. The van der Waals surface area contributed by atoms with E-state index >= 15 is 0 Å². The molecule has 1 aliphatic rings. The third-order valence-electron chi connectivity index (χ3n) is 2.54. The molecule has 5 heteroatoms. The fraction of sp³-hybridized carbons (Fsp3) is 0.273. The van der Waals surface area contributed by atoms with Gasteiger partial charge in [0.2, 0.25) is 0 Å². The standard InChI is InChI=1S/C11H9ClN2O2/c12-11-14-8-5-6(1-4-9(8)16-11)10(15)13-7-2-3-7/h1,4-5,7H,2-3H2,(H,13,15). The van der Waals surface area contributed by atoms with E-state index in [9.17, 15) is 4.79 Å². The summed E-state index contributed by atoms with van der Waals surface area (Å²) in [5.41, 5.74) is 1.78. The molecule has 16 heavy (non-hydrogen) atoms. The van der Waals surface area contributed by atoms with Crippen molar-refractivity contribution in [2.24, 2.45) is 0 Å². The fourth-order valence-corrected chi connectivity index (χ4v) is 1.71. The van der Waals surface area contributed by atoms with Gasteiger partial charge in [-0.25, -0.2) is 0 Å². The number of hydrogen-bond acceptors (Lipinski definition) is 3. The first-order valence-electron chi connectivity index (χ1n) is 5.09. The summed E-state index contributed by atoms with van der Waals surface area (Å²) in [5, 5.41) is 3.00. The van der Waals surface area contributed by atoms with Gasteiger partial charge in [-0.05, 0) is 42.6 Å². The predicted octanol–water partition coefficient (Wildman–Crippen LogP) is 2.37. The van der Waals surface area contributed by atoms with Gasteiger partial charge in [0.05, 0.1) is 0 Å². The molecule has 1 amide bonds. The molecule has 1 fully saturated rings. The summed E-state index contributed by atoms with van der Waals surface area (Å²) in [5.74, 6) is -0.0662. The summed E-state index contributed by atoms with van der Waals surface area (Å²) in [6.45, 7) is 0. The van der Waals surface area contributed by atoms with Crippen molar-refractivity contribution in [3.8, 4) is 0 Å². The quantitative estimate of drug-likeness (QED) is 0.871. The maximum Gasteiger partial charge on any atom is 0.293 e. The van der Waals surface area contributed by atoms with Crippen LogP contribution in [0.15, 0.2) is 22.6 Å². The lowest BCUT2D eigenvalue weighted by Gasteiger charge is -2.01. The second-order valence-corrected chi connectivity index (χ2v) is 4.22. The van der Waals surface area contributed by atoms with Gasteiger partial charge >= 0.3 is 0 Å². The number of amides is 1. The van der Waals surface area contributed by atoms with E-state index in [0.29, 0.717) is 22.7 Å². The fourth-order valence-electron chi connectivity index (χ4n) is 1.54. The third-order valence-corrected chi connectivity index (χ3v) is 2.70. The van der Waals surface area contributed by atoms with Crippen LogP contribution in [0.3, 0.4) is 0 Å². The van der Waals surface area contributed by atoms with Gasteiger partial charge in [-0.1, -0.05) is 0 Å². The Morgan fingerprint density at radius 1 is 1.50 bits per heavy atom. The van der Waals surface area contributed by atoms with Crippen molar-refractivity contribution in [3.63, 3.8) is 0 Å². The number of rotatable bonds is 2. The summed E-state index contributed by atoms with van der Waals surface area (Å²) in [4.78, 5) is 15.7. The largest absolute Gasteiger partial charge is 0.428 e. The Balaban J connectivity index is 1.93. The van der Waals surface area contributed by atoms with E-state index in [1.54, 1.807) is 18.2 Å². The Kier molecular flexibility index (Phi) is 2.11. The van der Waals surface area contributed by atoms with Crippen LogP contribution < -0.4 is 5.32 Å². The number of aromatic nitrogens is 1. The highest BCUT2D eigenvalue weighted by Gasteiger charge is 2.23. The molecule has 0 unspecified atom stereocenters. The molecule has 1 aliphatic carbocycles. The SMILES string of the molecule is O=C(NC1CC1)c1ccc2oc(Cl)nc2c1. The number of nitrogens with one attached hydrogen (secondary N) is 1. The number of oxazole rings is 1. The molecule has 1 N–H and O–H groups in total. The highest BCUT2D eigenvalue weighted by molar-refractivity contribution is 6.28. The van der Waals surface area contributed by atoms with E-state index in [-0.39, 0.29) is 11.3 Å². The van der Waals surface area contributed by atoms with Crippen LogP contribution in [0.2, 0.25) is 5.35 Å². The van der Waals surface area contributed by atoms with Crippen LogP contribution in [-0.2, 0) is 0 Å². The van der Waals surface area contributed by atoms with Crippen LogP contribution >= 0.6 is 11.6 Å². The average molecular weight is 237 g/mol. The molecule has 1 saturated carbocycles. The number of fused-ring (bicyclic) bond motifs is 1. The number of carbonyl (C=O) groups excluding carboxylic acids is 1. The van der Waals surface area contributed by atoms with E-state index in [1.807, 2.05) is 0 Å². The molecule has 4 nitrogen and oxygen atoms in total. The Morgan fingerprint density at radius 3 is 3.06 bits per heavy atom. The molecular formula is C11H9ClN2O2. The number of hydrogen-bond donors (Lipinski definition) is 1. The van der Waals surface area contributed by atoms with Crippen LogP contribution in [0.4, 0.5) is 0 Å². The lowest BCUT2D eigenvalue weighted by atomic mass is 10.2. The molecule has 0 bridgehead atoms. The number of nitrogens with zero attached hydrogens (tertiary/aromatic N) is 1. The minimum atomic E-state index is -0.0662. The molecule has 1 aromatic heterocycles. The Hall–Kier alpha value is -1.55. The average Bonchev–Trinajstić information content (AvgIpc) is 2.96. The molecule has 0 spiro atoms. The molecule has 2 aromatic rings. The smallest absolute Gasteiger partial charge is 0.293 e. The molecule has 0 aliphatic heterocycles. The molecule has 82 valence electrons. The zero-order valence-corrected chi connectivity index (χ0v) is 9.12. The van der Waals surface area contributed by atoms with Crippen LogP contribution in [0.1, 0.15) is 23.2 Å². The monoisotopic (exact) mass is 236 g/mol. The van der Waals surface area contributed by atoms with E-state index < -0.39 is 0 Å². The van der Waals surface area contributed by atoms with Crippen LogP contribution in [0.25, 0.3) is 11.1 Å². The normalized spacial score (nSPS) is 15.3. The Bertz CT molecular complexity index is 560. The lowest BCUT2D eigenvalue weighted by molar-refractivity contribution is 0.0951. The van der Waals surface area contributed by atoms with Crippen LogP contribution in [0.5, 0.6) is 0 Å². The summed E-state index contributed by atoms with van der Waals surface area (Å²) < 4.78 is 5.12. The predicted molar refractivity (Wildman–Crippen MR) is 59.5 cm³/mol. The third kappa shape index (κ3) is 1.76. The van der Waals surface area contributed by atoms with Crippen molar-refractivity contribution in [2.45, 2.75) is 18.9 Å². The van der Waals surface area contributed by atoms with E-state index in [4.69, 9.17) is 16.0 Å². The van der Waals surface area contributed by atoms with Gasteiger partial charge in [0.1, 0.15) is 5.52 Å². The minimum absolute atomic E-state index is 0.0662. The van der Waals surface area contributed by atoms with Crippen molar-refractivity contribution < 1.29 is 9.21 Å². The van der Waals surface area contributed by atoms with Crippen LogP contribution in [0, 0.1) is 0 Å². The Morgan fingerprint density at radius 2 is 2.31 bits per heavy atom. The topological polar surface area (TPSA) is 55.1 Å². The Labute approximate surface area is 96.6 Å². The lowest BCUT2D eigenvalue weighted by Crippen LogP contribution is -2.25. The van der Waals surface area contributed by atoms with Gasteiger partial charge in [0.25, 0.3) is 11.3 Å². The van der Waals surface area contributed by atoms with Gasteiger partial charge in [-0.2, -0.15) is 4.98 Å². The highest BCUT2D eigenvalue weighted by atomic mass is 35.5. The van der Waals surface area contributed by atoms with Gasteiger partial charge < -0.3 is 9.73 Å². The summed E-state index contributed by atoms with van der Waals surface area (Å²) in [7, 11) is 0. The second kappa shape index (κ2) is 3.49. The number of halogens is 1. The van der Waals surface area contributed by atoms with Crippen molar-refractivity contribution in [1.82, 2.24) is 10.3 Å². The van der Waals surface area contributed by atoms with E-state index in [2.05, 4.69) is 10.3 Å². The molecular weight excluding hydrogens is 228 g/mol. The molecule has 1 aromatic carbocycles. The summed E-state index contributed by atoms with van der Waals surface area (Å²) >= 11 is 5.63. The van der Waals surface area contributed by atoms with Crippen LogP contribution in [-0.4, -0.2) is 16.9 Å². The van der Waals surface area contributed by atoms with Crippen molar-refractivity contribution in [1.29, 1.82) is 0 Å². The first-order chi connectivity index (χ1) is 7.72. The van der Waals surface area contributed by atoms with E-state index in [0.717, 1.165) is 12.8 Å². The zero-order valence-electron chi connectivity index (χ0n) is 8.37. The van der Waals surface area contributed by atoms with Crippen molar-refractivity contribution in [2.75, 3.05) is 0 Å². The molecule has 0 radical (unpaired) electrons. The molecule has 1 heterocycles. The summed E-state index contributed by atoms with van der Waals surface area (Å²) in [6, 6.07) is 5.45. The zero-order chi connectivity index (χ0) is 11.1. The van der Waals surface area contributed by atoms with Gasteiger partial charge in [-0.15, -0.1) is 0 Å². The minimum Gasteiger partial charge on any atom is -0.428 e. The first-order valence-corrected chi connectivity index (χ1v) is 5.47.